The molecule has 2 rings (SSSR count). The molecule has 0 aromatic heterocycles. The number of hydrogen-bond acceptors (Lipinski definition) is 7. The quantitative estimate of drug-likeness (QED) is 0.189. The lowest BCUT2D eigenvalue weighted by Crippen LogP contribution is -2.26. The average molecular weight is 543 g/mol. The van der Waals surface area contributed by atoms with E-state index >= 15 is 0 Å². The van der Waals surface area contributed by atoms with Crippen LogP contribution >= 0.6 is 0 Å². The van der Waals surface area contributed by atoms with E-state index in [2.05, 4.69) is 19.6 Å². The standard InChI is InChI=1S/C29H38O8Si/c1-20(2)27(32)37-25-13-8-22(9-14-25)19-36-28(33)23-10-6-21(7-11-23)18-24(12-15-26(30)31)29(34)35-16-17-38(3,4)5/h6-11,13-14,20,24H,12,15-19H2,1-5H3,(H,30,31). The van der Waals surface area contributed by atoms with Crippen molar-refractivity contribution >= 4 is 32.0 Å². The lowest BCUT2D eigenvalue weighted by molar-refractivity contribution is -0.148. The van der Waals surface area contributed by atoms with Crippen molar-refractivity contribution in [1.82, 2.24) is 0 Å². The zero-order valence-electron chi connectivity index (χ0n) is 22.8. The molecule has 0 saturated carbocycles. The van der Waals surface area contributed by atoms with Crippen LogP contribution in [0.15, 0.2) is 48.5 Å². The van der Waals surface area contributed by atoms with E-state index in [1.54, 1.807) is 62.4 Å². The summed E-state index contributed by atoms with van der Waals surface area (Å²) in [7, 11) is -1.36. The van der Waals surface area contributed by atoms with Crippen LogP contribution in [0.25, 0.3) is 0 Å². The van der Waals surface area contributed by atoms with E-state index in [0.29, 0.717) is 24.3 Å². The Morgan fingerprint density at radius 1 is 0.842 bits per heavy atom. The molecule has 1 N–H and O–H groups in total. The number of carbonyl (C=O) groups excluding carboxylic acids is 3. The highest BCUT2D eigenvalue weighted by Gasteiger charge is 2.23. The first-order chi connectivity index (χ1) is 17.8. The summed E-state index contributed by atoms with van der Waals surface area (Å²) >= 11 is 0. The highest BCUT2D eigenvalue weighted by molar-refractivity contribution is 6.76. The van der Waals surface area contributed by atoms with Crippen molar-refractivity contribution in [2.75, 3.05) is 6.61 Å². The summed E-state index contributed by atoms with van der Waals surface area (Å²) in [6.45, 7) is 10.5. The minimum atomic E-state index is -1.36. The molecular weight excluding hydrogens is 504 g/mol. The lowest BCUT2D eigenvalue weighted by Gasteiger charge is -2.19. The fourth-order valence-corrected chi connectivity index (χ4v) is 4.07. The van der Waals surface area contributed by atoms with Crippen LogP contribution < -0.4 is 4.74 Å². The van der Waals surface area contributed by atoms with E-state index < -0.39 is 31.9 Å². The zero-order valence-corrected chi connectivity index (χ0v) is 23.8. The van der Waals surface area contributed by atoms with Gasteiger partial charge in [-0.25, -0.2) is 4.79 Å². The van der Waals surface area contributed by atoms with E-state index in [1.165, 1.54) is 0 Å². The molecule has 1 atom stereocenters. The molecule has 2 aromatic rings. The monoisotopic (exact) mass is 542 g/mol. The number of hydrogen-bond donors (Lipinski definition) is 1. The molecule has 0 amide bonds. The Labute approximate surface area is 225 Å². The lowest BCUT2D eigenvalue weighted by atomic mass is 9.94. The fourth-order valence-electron chi connectivity index (χ4n) is 3.36. The maximum atomic E-state index is 12.6. The van der Waals surface area contributed by atoms with Crippen molar-refractivity contribution < 1.29 is 38.5 Å². The Hall–Kier alpha value is -3.46. The number of carboxylic acids is 1. The van der Waals surface area contributed by atoms with E-state index in [4.69, 9.17) is 19.3 Å². The molecular formula is C29H38O8Si. The van der Waals surface area contributed by atoms with Gasteiger partial charge in [0.25, 0.3) is 0 Å². The third-order valence-corrected chi connectivity index (χ3v) is 7.50. The van der Waals surface area contributed by atoms with Gasteiger partial charge in [0, 0.05) is 14.5 Å². The number of esters is 3. The second-order valence-electron chi connectivity index (χ2n) is 10.8. The van der Waals surface area contributed by atoms with Gasteiger partial charge < -0.3 is 19.3 Å². The van der Waals surface area contributed by atoms with E-state index in [1.807, 2.05) is 0 Å². The van der Waals surface area contributed by atoms with Crippen LogP contribution in [0.3, 0.4) is 0 Å². The zero-order chi connectivity index (χ0) is 28.3. The first kappa shape index (κ1) is 30.8. The molecule has 8 nitrogen and oxygen atoms in total. The Morgan fingerprint density at radius 3 is 2.00 bits per heavy atom. The largest absolute Gasteiger partial charge is 0.481 e. The first-order valence-electron chi connectivity index (χ1n) is 12.8. The molecule has 0 aliphatic carbocycles. The molecule has 0 bridgehead atoms. The maximum Gasteiger partial charge on any atom is 0.338 e. The Morgan fingerprint density at radius 2 is 1.45 bits per heavy atom. The second-order valence-corrected chi connectivity index (χ2v) is 16.4. The van der Waals surface area contributed by atoms with Gasteiger partial charge in [0.2, 0.25) is 0 Å². The molecule has 0 radical (unpaired) electrons. The van der Waals surface area contributed by atoms with Gasteiger partial charge in [-0.15, -0.1) is 0 Å². The average Bonchev–Trinajstić information content (AvgIpc) is 2.85. The highest BCUT2D eigenvalue weighted by atomic mass is 28.3. The van der Waals surface area contributed by atoms with Crippen molar-refractivity contribution in [1.29, 1.82) is 0 Å². The van der Waals surface area contributed by atoms with Crippen molar-refractivity contribution in [3.63, 3.8) is 0 Å². The van der Waals surface area contributed by atoms with Crippen LogP contribution in [0.1, 0.15) is 48.2 Å². The minimum absolute atomic E-state index is 0.0551. The molecule has 1 unspecified atom stereocenters. The number of rotatable bonds is 14. The van der Waals surface area contributed by atoms with Crippen molar-refractivity contribution in [3.05, 3.63) is 65.2 Å². The summed E-state index contributed by atoms with van der Waals surface area (Å²) in [6, 6.07) is 14.3. The third kappa shape index (κ3) is 11.3. The predicted octanol–water partition coefficient (Wildman–Crippen LogP) is 5.51. The fraction of sp³-hybridized carbons (Fsp3) is 0.448. The predicted molar refractivity (Wildman–Crippen MR) is 146 cm³/mol. The van der Waals surface area contributed by atoms with Crippen LogP contribution in [0, 0.1) is 11.8 Å². The van der Waals surface area contributed by atoms with Gasteiger partial charge in [-0.1, -0.05) is 57.8 Å². The number of benzene rings is 2. The van der Waals surface area contributed by atoms with Gasteiger partial charge >= 0.3 is 23.9 Å². The second kappa shape index (κ2) is 14.5. The smallest absolute Gasteiger partial charge is 0.338 e. The van der Waals surface area contributed by atoms with Crippen LogP contribution in [0.4, 0.5) is 0 Å². The molecule has 0 spiro atoms. The number of ether oxygens (including phenoxy) is 3. The van der Waals surface area contributed by atoms with Crippen LogP contribution in [-0.2, 0) is 36.9 Å². The van der Waals surface area contributed by atoms with E-state index in [9.17, 15) is 19.2 Å². The summed E-state index contributed by atoms with van der Waals surface area (Å²) in [6.07, 6.45) is 0.377. The summed E-state index contributed by atoms with van der Waals surface area (Å²) in [5.74, 6) is -2.55. The van der Waals surface area contributed by atoms with Gasteiger partial charge in [-0.2, -0.15) is 0 Å². The Balaban J connectivity index is 1.93. The van der Waals surface area contributed by atoms with Gasteiger partial charge in [0.05, 0.1) is 24.0 Å². The number of aliphatic carboxylic acids is 1. The Bertz CT molecular complexity index is 1090. The molecule has 0 heterocycles. The normalized spacial score (nSPS) is 12.1. The van der Waals surface area contributed by atoms with Crippen LogP contribution in [0.2, 0.25) is 25.7 Å². The molecule has 0 fully saturated rings. The summed E-state index contributed by atoms with van der Waals surface area (Å²) in [5.41, 5.74) is 1.90. The van der Waals surface area contributed by atoms with Crippen molar-refractivity contribution in [2.45, 2.75) is 65.4 Å². The van der Waals surface area contributed by atoms with Gasteiger partial charge in [-0.3, -0.25) is 14.4 Å². The molecule has 0 aliphatic rings. The summed E-state index contributed by atoms with van der Waals surface area (Å²) < 4.78 is 16.1. The van der Waals surface area contributed by atoms with Gasteiger partial charge in [0.15, 0.2) is 0 Å². The molecule has 38 heavy (non-hydrogen) atoms. The summed E-state index contributed by atoms with van der Waals surface area (Å²) in [5, 5.41) is 9.07. The molecule has 2 aromatic carbocycles. The van der Waals surface area contributed by atoms with Crippen molar-refractivity contribution in [3.8, 4) is 5.75 Å². The third-order valence-electron chi connectivity index (χ3n) is 5.79. The number of carboxylic acid groups (broad SMARTS) is 1. The maximum absolute atomic E-state index is 12.6. The minimum Gasteiger partial charge on any atom is -0.481 e. The van der Waals surface area contributed by atoms with Crippen molar-refractivity contribution in [2.24, 2.45) is 11.8 Å². The molecule has 0 aliphatic heterocycles. The van der Waals surface area contributed by atoms with Gasteiger partial charge in [0.1, 0.15) is 12.4 Å². The molecule has 206 valence electrons. The topological polar surface area (TPSA) is 116 Å². The Kier molecular flexibility index (Phi) is 11.7. The van der Waals surface area contributed by atoms with Crippen LogP contribution in [-0.4, -0.2) is 43.7 Å². The highest BCUT2D eigenvalue weighted by Crippen LogP contribution is 2.19. The summed E-state index contributed by atoms with van der Waals surface area (Å²) in [4.78, 5) is 47.9. The molecule has 9 heteroatoms. The van der Waals surface area contributed by atoms with Crippen LogP contribution in [0.5, 0.6) is 5.75 Å². The first-order valence-corrected chi connectivity index (χ1v) is 16.5. The SMILES string of the molecule is CC(C)C(=O)Oc1ccc(COC(=O)c2ccc(CC(CCC(=O)O)C(=O)OCC[Si](C)(C)C)cc2)cc1. The van der Waals surface area contributed by atoms with E-state index in [0.717, 1.165) is 17.2 Å². The van der Waals surface area contributed by atoms with Gasteiger partial charge in [-0.05, 0) is 54.3 Å². The molecule has 0 saturated heterocycles. The van der Waals surface area contributed by atoms with E-state index in [-0.39, 0.29) is 31.3 Å². The number of carbonyl (C=O) groups is 4.